The number of para-hydroxylation sites is 2. The fraction of sp³-hybridized carbons (Fsp3) is 0.542. The van der Waals surface area contributed by atoms with E-state index in [9.17, 15) is 13.2 Å². The minimum absolute atomic E-state index is 0.0416. The summed E-state index contributed by atoms with van der Waals surface area (Å²) in [5.41, 5.74) is -0.828. The summed E-state index contributed by atoms with van der Waals surface area (Å²) < 4.78 is 50.9. The zero-order valence-corrected chi connectivity index (χ0v) is 18.5. The van der Waals surface area contributed by atoms with E-state index >= 15 is 0 Å². The van der Waals surface area contributed by atoms with Crippen molar-refractivity contribution in [3.63, 3.8) is 0 Å². The third-order valence-electron chi connectivity index (χ3n) is 6.77. The molecule has 178 valence electrons. The second-order valence-corrected chi connectivity index (χ2v) is 8.93. The summed E-state index contributed by atoms with van der Waals surface area (Å²) in [7, 11) is 0. The molecule has 2 fully saturated rings. The Morgan fingerprint density at radius 1 is 0.879 bits per heavy atom. The molecule has 2 aromatic rings. The molecule has 0 spiro atoms. The Balaban J connectivity index is 1.08. The Labute approximate surface area is 191 Å². The highest BCUT2D eigenvalue weighted by Gasteiger charge is 2.34. The van der Waals surface area contributed by atoms with Crippen molar-refractivity contribution < 1.29 is 22.6 Å². The van der Waals surface area contributed by atoms with Crippen molar-refractivity contribution in [3.05, 3.63) is 48.2 Å². The van der Waals surface area contributed by atoms with Crippen molar-refractivity contribution >= 4 is 5.82 Å². The number of likely N-dealkylation sites (tertiary alicyclic amines) is 1. The number of piperidine rings is 1. The number of fused-ring (bicyclic) bond motifs is 1. The highest BCUT2D eigenvalue weighted by molar-refractivity contribution is 5.41. The van der Waals surface area contributed by atoms with E-state index in [1.165, 1.54) is 6.07 Å². The number of alkyl halides is 3. The van der Waals surface area contributed by atoms with Crippen LogP contribution in [-0.4, -0.2) is 79.3 Å². The fourth-order valence-electron chi connectivity index (χ4n) is 4.98. The van der Waals surface area contributed by atoms with Crippen LogP contribution in [0, 0.1) is 0 Å². The molecule has 1 aromatic carbocycles. The molecule has 3 aliphatic heterocycles. The van der Waals surface area contributed by atoms with E-state index in [0.717, 1.165) is 63.1 Å². The van der Waals surface area contributed by atoms with Crippen LogP contribution in [0.2, 0.25) is 0 Å². The Morgan fingerprint density at radius 2 is 1.61 bits per heavy atom. The van der Waals surface area contributed by atoms with Gasteiger partial charge in [0, 0.05) is 38.8 Å². The number of anilines is 1. The second kappa shape index (κ2) is 9.38. The van der Waals surface area contributed by atoms with Crippen LogP contribution in [0.1, 0.15) is 18.5 Å². The molecule has 33 heavy (non-hydrogen) atoms. The van der Waals surface area contributed by atoms with E-state index in [4.69, 9.17) is 9.47 Å². The molecule has 1 unspecified atom stereocenters. The molecule has 0 saturated carbocycles. The van der Waals surface area contributed by atoms with E-state index in [-0.39, 0.29) is 6.10 Å². The number of piperazine rings is 1. The van der Waals surface area contributed by atoms with Crippen molar-refractivity contribution in [1.82, 2.24) is 14.8 Å². The lowest BCUT2D eigenvalue weighted by Gasteiger charge is -2.43. The molecule has 0 radical (unpaired) electrons. The molecular weight excluding hydrogens is 433 g/mol. The minimum Gasteiger partial charge on any atom is -0.486 e. The number of rotatable bonds is 4. The average molecular weight is 463 g/mol. The van der Waals surface area contributed by atoms with Gasteiger partial charge in [0.2, 0.25) is 0 Å². The number of benzene rings is 1. The van der Waals surface area contributed by atoms with Crippen molar-refractivity contribution in [1.29, 1.82) is 0 Å². The van der Waals surface area contributed by atoms with Gasteiger partial charge in [-0.25, -0.2) is 4.98 Å². The molecule has 1 atom stereocenters. The quantitative estimate of drug-likeness (QED) is 0.693. The van der Waals surface area contributed by atoms with Crippen molar-refractivity contribution in [2.24, 2.45) is 0 Å². The monoisotopic (exact) mass is 462 g/mol. The van der Waals surface area contributed by atoms with Gasteiger partial charge in [-0.05, 0) is 50.2 Å². The predicted octanol–water partition coefficient (Wildman–Crippen LogP) is 3.53. The van der Waals surface area contributed by atoms with E-state index < -0.39 is 11.9 Å². The van der Waals surface area contributed by atoms with Crippen molar-refractivity contribution in [2.45, 2.75) is 31.2 Å². The van der Waals surface area contributed by atoms with Crippen molar-refractivity contribution in [2.75, 3.05) is 57.3 Å². The van der Waals surface area contributed by atoms with Crippen LogP contribution >= 0.6 is 0 Å². The van der Waals surface area contributed by atoms with E-state index in [2.05, 4.69) is 14.8 Å². The first kappa shape index (κ1) is 22.3. The zero-order valence-electron chi connectivity index (χ0n) is 18.5. The first-order chi connectivity index (χ1) is 16.0. The molecule has 1 aromatic heterocycles. The third kappa shape index (κ3) is 5.19. The van der Waals surface area contributed by atoms with E-state index in [1.807, 2.05) is 29.2 Å². The Bertz CT molecular complexity index is 941. The van der Waals surface area contributed by atoms with Gasteiger partial charge in [0.15, 0.2) is 11.5 Å². The summed E-state index contributed by atoms with van der Waals surface area (Å²) >= 11 is 0. The summed E-state index contributed by atoms with van der Waals surface area (Å²) in [5, 5.41) is 0. The highest BCUT2D eigenvalue weighted by atomic mass is 19.4. The highest BCUT2D eigenvalue weighted by Crippen LogP contribution is 2.32. The van der Waals surface area contributed by atoms with Gasteiger partial charge in [-0.3, -0.25) is 9.80 Å². The van der Waals surface area contributed by atoms with Gasteiger partial charge < -0.3 is 14.4 Å². The molecule has 0 N–H and O–H groups in total. The van der Waals surface area contributed by atoms with Crippen LogP contribution in [0.5, 0.6) is 11.5 Å². The molecular formula is C24H29F3N4O2. The van der Waals surface area contributed by atoms with Crippen LogP contribution in [0.15, 0.2) is 42.5 Å². The molecule has 3 aliphatic rings. The Morgan fingerprint density at radius 3 is 2.33 bits per heavy atom. The van der Waals surface area contributed by atoms with Gasteiger partial charge in [-0.15, -0.1) is 0 Å². The number of hydrogen-bond acceptors (Lipinski definition) is 6. The Hall–Kier alpha value is -2.52. The number of aromatic nitrogens is 1. The average Bonchev–Trinajstić information content (AvgIpc) is 2.84. The maximum absolute atomic E-state index is 13.0. The predicted molar refractivity (Wildman–Crippen MR) is 119 cm³/mol. The van der Waals surface area contributed by atoms with Gasteiger partial charge in [0.25, 0.3) is 0 Å². The van der Waals surface area contributed by atoms with E-state index in [0.29, 0.717) is 31.6 Å². The summed E-state index contributed by atoms with van der Waals surface area (Å²) in [6, 6.07) is 12.4. The van der Waals surface area contributed by atoms with E-state index in [1.54, 1.807) is 6.07 Å². The zero-order chi connectivity index (χ0) is 22.8. The van der Waals surface area contributed by atoms with Crippen LogP contribution in [0.4, 0.5) is 19.0 Å². The largest absolute Gasteiger partial charge is 0.486 e. The molecule has 0 aliphatic carbocycles. The SMILES string of the molecule is FC(F)(F)c1cccc(N2CCN(C3CCN(CC4COc5ccccc5O4)CC3)CC2)n1. The van der Waals surface area contributed by atoms with Crippen LogP contribution < -0.4 is 14.4 Å². The lowest BCUT2D eigenvalue weighted by Crippen LogP contribution is -2.54. The lowest BCUT2D eigenvalue weighted by molar-refractivity contribution is -0.141. The number of pyridine rings is 1. The summed E-state index contributed by atoms with van der Waals surface area (Å²) in [4.78, 5) is 10.7. The third-order valence-corrected chi connectivity index (χ3v) is 6.77. The molecule has 9 heteroatoms. The van der Waals surface area contributed by atoms with Gasteiger partial charge in [0.1, 0.15) is 24.2 Å². The second-order valence-electron chi connectivity index (χ2n) is 8.93. The normalized spacial score (nSPS) is 23.0. The summed E-state index contributed by atoms with van der Waals surface area (Å²) in [5.74, 6) is 2.04. The van der Waals surface area contributed by atoms with Crippen LogP contribution in [-0.2, 0) is 6.18 Å². The van der Waals surface area contributed by atoms with Gasteiger partial charge in [0.05, 0.1) is 0 Å². The molecule has 0 bridgehead atoms. The Kier molecular flexibility index (Phi) is 6.34. The van der Waals surface area contributed by atoms with Crippen LogP contribution in [0.25, 0.3) is 0 Å². The van der Waals surface area contributed by atoms with Gasteiger partial charge >= 0.3 is 6.18 Å². The lowest BCUT2D eigenvalue weighted by atomic mass is 10.0. The number of hydrogen-bond donors (Lipinski definition) is 0. The summed E-state index contributed by atoms with van der Waals surface area (Å²) in [6.45, 7) is 6.54. The maximum atomic E-state index is 13.0. The van der Waals surface area contributed by atoms with Crippen LogP contribution in [0.3, 0.4) is 0 Å². The molecule has 4 heterocycles. The van der Waals surface area contributed by atoms with Gasteiger partial charge in [-0.2, -0.15) is 13.2 Å². The minimum atomic E-state index is -4.41. The standard InChI is InChI=1S/C24H29F3N4O2/c25-24(26,27)22-6-3-7-23(28-22)31-14-12-30(13-15-31)18-8-10-29(11-9-18)16-19-17-32-20-4-1-2-5-21(20)33-19/h1-7,18-19H,8-17H2. The molecule has 2 saturated heterocycles. The molecule has 5 rings (SSSR count). The fourth-order valence-corrected chi connectivity index (χ4v) is 4.98. The summed E-state index contributed by atoms with van der Waals surface area (Å²) in [6.07, 6.45) is -2.19. The van der Waals surface area contributed by atoms with Gasteiger partial charge in [-0.1, -0.05) is 18.2 Å². The number of nitrogens with zero attached hydrogens (tertiary/aromatic N) is 4. The molecule has 0 amide bonds. The molecule has 6 nitrogen and oxygen atoms in total. The van der Waals surface area contributed by atoms with Crippen molar-refractivity contribution in [3.8, 4) is 11.5 Å². The first-order valence-electron chi connectivity index (χ1n) is 11.6. The smallest absolute Gasteiger partial charge is 0.433 e. The topological polar surface area (TPSA) is 41.1 Å². The maximum Gasteiger partial charge on any atom is 0.433 e. The number of halogens is 3. The first-order valence-corrected chi connectivity index (χ1v) is 11.6. The number of ether oxygens (including phenoxy) is 2.